The Morgan fingerprint density at radius 3 is 2.62 bits per heavy atom. The van der Waals surface area contributed by atoms with Crippen molar-refractivity contribution in [3.05, 3.63) is 34.5 Å². The molecule has 0 atom stereocenters. The predicted octanol–water partition coefficient (Wildman–Crippen LogP) is 3.81. The molecule has 0 unspecified atom stereocenters. The van der Waals surface area contributed by atoms with Crippen molar-refractivity contribution in [1.29, 1.82) is 0 Å². The fourth-order valence-corrected chi connectivity index (χ4v) is 2.13. The minimum Gasteiger partial charge on any atom is -0.380 e. The van der Waals surface area contributed by atoms with Crippen LogP contribution in [0, 0.1) is 0 Å². The maximum Gasteiger partial charge on any atom is 0.175 e. The van der Waals surface area contributed by atoms with Gasteiger partial charge >= 0.3 is 0 Å². The summed E-state index contributed by atoms with van der Waals surface area (Å²) in [6.07, 6.45) is 0. The summed E-state index contributed by atoms with van der Waals surface area (Å²) in [7, 11) is 0. The number of nitrogen functional groups attached to an aromatic ring is 1. The van der Waals surface area contributed by atoms with E-state index in [1.54, 1.807) is 0 Å². The van der Waals surface area contributed by atoms with Crippen molar-refractivity contribution in [3.8, 4) is 11.1 Å². The van der Waals surface area contributed by atoms with Crippen LogP contribution < -0.4 is 5.73 Å². The second-order valence-electron chi connectivity index (χ2n) is 3.94. The summed E-state index contributed by atoms with van der Waals surface area (Å²) in [5.74, 6) is 1.52. The zero-order chi connectivity index (χ0) is 11.7. The molecule has 3 nitrogen and oxygen atoms in total. The van der Waals surface area contributed by atoms with Gasteiger partial charge < -0.3 is 10.3 Å². The van der Waals surface area contributed by atoms with Crippen LogP contribution in [-0.2, 0) is 0 Å². The molecule has 84 valence electrons. The highest BCUT2D eigenvalue weighted by Crippen LogP contribution is 2.37. The van der Waals surface area contributed by atoms with E-state index in [1.165, 1.54) is 0 Å². The minimum atomic E-state index is 0.256. The van der Waals surface area contributed by atoms with E-state index >= 15 is 0 Å². The third kappa shape index (κ3) is 1.85. The molecule has 0 aliphatic heterocycles. The summed E-state index contributed by atoms with van der Waals surface area (Å²) in [5.41, 5.74) is 7.76. The third-order valence-corrected chi connectivity index (χ3v) is 3.10. The summed E-state index contributed by atoms with van der Waals surface area (Å²) in [6, 6.07) is 7.91. The lowest BCUT2D eigenvalue weighted by molar-refractivity contribution is 0.374. The molecule has 0 saturated heterocycles. The molecule has 16 heavy (non-hydrogen) atoms. The van der Waals surface area contributed by atoms with Gasteiger partial charge in [0.2, 0.25) is 0 Å². The molecule has 0 fully saturated rings. The van der Waals surface area contributed by atoms with E-state index in [0.717, 1.165) is 21.4 Å². The molecule has 0 aliphatic rings. The van der Waals surface area contributed by atoms with E-state index in [9.17, 15) is 0 Å². The number of hydrogen-bond acceptors (Lipinski definition) is 3. The molecule has 1 heterocycles. The summed E-state index contributed by atoms with van der Waals surface area (Å²) < 4.78 is 6.26. The smallest absolute Gasteiger partial charge is 0.175 e. The van der Waals surface area contributed by atoms with E-state index in [2.05, 4.69) is 34.9 Å². The molecule has 0 radical (unpaired) electrons. The molecule has 4 heteroatoms. The van der Waals surface area contributed by atoms with Crippen molar-refractivity contribution >= 4 is 21.7 Å². The number of hydrogen-bond donors (Lipinski definition) is 1. The molecule has 0 bridgehead atoms. The van der Waals surface area contributed by atoms with Crippen LogP contribution in [0.3, 0.4) is 0 Å². The second kappa shape index (κ2) is 4.29. The predicted molar refractivity (Wildman–Crippen MR) is 68.1 cm³/mol. The summed E-state index contributed by atoms with van der Waals surface area (Å²) in [5, 5.41) is 3.84. The fourth-order valence-electron chi connectivity index (χ4n) is 1.64. The van der Waals surface area contributed by atoms with Crippen molar-refractivity contribution in [2.75, 3.05) is 5.73 Å². The first kappa shape index (κ1) is 11.2. The van der Waals surface area contributed by atoms with Crippen molar-refractivity contribution in [2.24, 2.45) is 0 Å². The maximum absolute atomic E-state index is 5.85. The van der Waals surface area contributed by atoms with Gasteiger partial charge in [0.25, 0.3) is 0 Å². The average molecular weight is 281 g/mol. The number of aromatic nitrogens is 1. The van der Waals surface area contributed by atoms with Crippen LogP contribution >= 0.6 is 15.9 Å². The van der Waals surface area contributed by atoms with Crippen molar-refractivity contribution in [3.63, 3.8) is 0 Å². The average Bonchev–Trinajstić information content (AvgIpc) is 2.61. The number of anilines is 1. The first-order valence-corrected chi connectivity index (χ1v) is 5.90. The summed E-state index contributed by atoms with van der Waals surface area (Å²) >= 11 is 3.51. The number of nitrogens with two attached hydrogens (primary N) is 1. The highest BCUT2D eigenvalue weighted by atomic mass is 79.9. The van der Waals surface area contributed by atoms with Crippen LogP contribution in [0.1, 0.15) is 25.5 Å². The van der Waals surface area contributed by atoms with Crippen LogP contribution in [0.2, 0.25) is 0 Å². The highest BCUT2D eigenvalue weighted by Gasteiger charge is 2.19. The van der Waals surface area contributed by atoms with Crippen LogP contribution in [0.5, 0.6) is 0 Å². The Labute approximate surface area is 103 Å². The molecule has 2 rings (SSSR count). The molecule has 0 aliphatic carbocycles. The lowest BCUT2D eigenvalue weighted by Gasteiger charge is -2.06. The lowest BCUT2D eigenvalue weighted by atomic mass is 10.0. The van der Waals surface area contributed by atoms with E-state index < -0.39 is 0 Å². The Kier molecular flexibility index (Phi) is 3.01. The highest BCUT2D eigenvalue weighted by molar-refractivity contribution is 9.10. The normalized spacial score (nSPS) is 11.0. The van der Waals surface area contributed by atoms with Gasteiger partial charge in [0.1, 0.15) is 5.76 Å². The number of nitrogens with zero attached hydrogens (tertiary/aromatic N) is 1. The SMILES string of the molecule is CC(C)c1onc(N)c1-c1ccccc1Br. The first-order valence-electron chi connectivity index (χ1n) is 5.11. The van der Waals surface area contributed by atoms with E-state index in [0.29, 0.717) is 5.82 Å². The molecule has 0 amide bonds. The van der Waals surface area contributed by atoms with Gasteiger partial charge in [0.15, 0.2) is 5.82 Å². The van der Waals surface area contributed by atoms with Crippen molar-refractivity contribution in [2.45, 2.75) is 19.8 Å². The quantitative estimate of drug-likeness (QED) is 0.910. The van der Waals surface area contributed by atoms with Gasteiger partial charge in [-0.25, -0.2) is 0 Å². The third-order valence-electron chi connectivity index (χ3n) is 2.41. The maximum atomic E-state index is 5.85. The number of benzene rings is 1. The molecule has 0 spiro atoms. The Hall–Kier alpha value is -1.29. The second-order valence-corrected chi connectivity index (χ2v) is 4.80. The van der Waals surface area contributed by atoms with Gasteiger partial charge in [-0.15, -0.1) is 0 Å². The van der Waals surface area contributed by atoms with E-state index in [1.807, 2.05) is 24.3 Å². The largest absolute Gasteiger partial charge is 0.380 e. The fraction of sp³-hybridized carbons (Fsp3) is 0.250. The van der Waals surface area contributed by atoms with Gasteiger partial charge in [0.05, 0.1) is 5.56 Å². The zero-order valence-electron chi connectivity index (χ0n) is 9.20. The first-order chi connectivity index (χ1) is 7.61. The zero-order valence-corrected chi connectivity index (χ0v) is 10.8. The Bertz CT molecular complexity index is 505. The molecular formula is C12H13BrN2O. The minimum absolute atomic E-state index is 0.256. The summed E-state index contributed by atoms with van der Waals surface area (Å²) in [6.45, 7) is 4.11. The topological polar surface area (TPSA) is 52.0 Å². The number of halogens is 1. The molecule has 2 N–H and O–H groups in total. The Morgan fingerprint density at radius 1 is 1.31 bits per heavy atom. The monoisotopic (exact) mass is 280 g/mol. The van der Waals surface area contributed by atoms with Gasteiger partial charge in [-0.3, -0.25) is 0 Å². The number of rotatable bonds is 2. The lowest BCUT2D eigenvalue weighted by Crippen LogP contribution is -1.92. The molecule has 0 saturated carbocycles. The van der Waals surface area contributed by atoms with Crippen molar-refractivity contribution < 1.29 is 4.52 Å². The Balaban J connectivity index is 2.64. The molecular weight excluding hydrogens is 268 g/mol. The molecule has 1 aromatic heterocycles. The van der Waals surface area contributed by atoms with E-state index in [-0.39, 0.29) is 5.92 Å². The van der Waals surface area contributed by atoms with Gasteiger partial charge in [-0.1, -0.05) is 53.1 Å². The van der Waals surface area contributed by atoms with Crippen LogP contribution in [-0.4, -0.2) is 5.16 Å². The van der Waals surface area contributed by atoms with Crippen LogP contribution in [0.25, 0.3) is 11.1 Å². The van der Waals surface area contributed by atoms with Gasteiger partial charge in [0, 0.05) is 16.0 Å². The molecule has 1 aromatic carbocycles. The summed E-state index contributed by atoms with van der Waals surface area (Å²) in [4.78, 5) is 0. The van der Waals surface area contributed by atoms with E-state index in [4.69, 9.17) is 10.3 Å². The van der Waals surface area contributed by atoms with Gasteiger partial charge in [-0.05, 0) is 6.07 Å². The Morgan fingerprint density at radius 2 is 2.00 bits per heavy atom. The standard InChI is InChI=1S/C12H13BrN2O/c1-7(2)11-10(12(14)15-16-11)8-5-3-4-6-9(8)13/h3-7H,1-2H3,(H2,14,15). The van der Waals surface area contributed by atoms with Crippen LogP contribution in [0.4, 0.5) is 5.82 Å². The van der Waals surface area contributed by atoms with Gasteiger partial charge in [-0.2, -0.15) is 0 Å². The molecule has 2 aromatic rings. The van der Waals surface area contributed by atoms with Crippen LogP contribution in [0.15, 0.2) is 33.3 Å². The van der Waals surface area contributed by atoms with Crippen molar-refractivity contribution in [1.82, 2.24) is 5.16 Å².